The lowest BCUT2D eigenvalue weighted by molar-refractivity contribution is -0.142. The number of carbonyl (C=O) groups excluding carboxylic acids is 1. The van der Waals surface area contributed by atoms with Crippen LogP contribution >= 0.6 is 0 Å². The van der Waals surface area contributed by atoms with Crippen LogP contribution in [-0.2, 0) is 19.6 Å². The highest BCUT2D eigenvalue weighted by molar-refractivity contribution is 7.89. The Morgan fingerprint density at radius 3 is 2.42 bits per heavy atom. The minimum atomic E-state index is -3.95. The van der Waals surface area contributed by atoms with Gasteiger partial charge in [-0.05, 0) is 31.9 Å². The van der Waals surface area contributed by atoms with E-state index in [0.717, 1.165) is 10.4 Å². The first-order valence-corrected chi connectivity index (χ1v) is 8.95. The van der Waals surface area contributed by atoms with Crippen molar-refractivity contribution in [2.75, 3.05) is 13.1 Å². The third-order valence-electron chi connectivity index (χ3n) is 4.01. The molecule has 0 spiro atoms. The standard InChI is InChI=1S/C15H19FN2O5S/c1-10(15(20)21)17-14(19)11-6-8-18(9-7-11)24(22,23)13-5-3-2-4-12(13)16/h2-5,10-11H,6-9H2,1H3,(H,17,19)(H,20,21)/t10-/m1/s1. The molecule has 1 aliphatic rings. The number of carboxylic acid groups (broad SMARTS) is 1. The number of amides is 1. The molecule has 0 bridgehead atoms. The van der Waals surface area contributed by atoms with Gasteiger partial charge in [0.25, 0.3) is 0 Å². The molecule has 9 heteroatoms. The summed E-state index contributed by atoms with van der Waals surface area (Å²) >= 11 is 0. The van der Waals surface area contributed by atoms with Gasteiger partial charge in [0.2, 0.25) is 15.9 Å². The lowest BCUT2D eigenvalue weighted by Gasteiger charge is -2.30. The molecule has 1 saturated heterocycles. The van der Waals surface area contributed by atoms with Crippen molar-refractivity contribution in [3.05, 3.63) is 30.1 Å². The van der Waals surface area contributed by atoms with Crippen molar-refractivity contribution in [1.29, 1.82) is 0 Å². The van der Waals surface area contributed by atoms with E-state index < -0.39 is 39.7 Å². The fourth-order valence-corrected chi connectivity index (χ4v) is 4.08. The second-order valence-corrected chi connectivity index (χ2v) is 7.58. The highest BCUT2D eigenvalue weighted by Crippen LogP contribution is 2.25. The molecule has 0 saturated carbocycles. The molecule has 0 aliphatic carbocycles. The van der Waals surface area contributed by atoms with E-state index >= 15 is 0 Å². The molecule has 0 unspecified atom stereocenters. The number of carbonyl (C=O) groups is 2. The van der Waals surface area contributed by atoms with Gasteiger partial charge in [0.1, 0.15) is 16.8 Å². The summed E-state index contributed by atoms with van der Waals surface area (Å²) in [6.45, 7) is 1.52. The maximum atomic E-state index is 13.7. The van der Waals surface area contributed by atoms with Gasteiger partial charge in [-0.3, -0.25) is 9.59 Å². The Balaban J connectivity index is 2.01. The van der Waals surface area contributed by atoms with Crippen molar-refractivity contribution in [2.24, 2.45) is 5.92 Å². The fourth-order valence-electron chi connectivity index (χ4n) is 2.54. The molecular weight excluding hydrogens is 339 g/mol. The average molecular weight is 358 g/mol. The average Bonchev–Trinajstić information content (AvgIpc) is 2.55. The van der Waals surface area contributed by atoms with Gasteiger partial charge in [0, 0.05) is 19.0 Å². The number of hydrogen-bond donors (Lipinski definition) is 2. The SMILES string of the molecule is C[C@@H](NC(=O)C1CCN(S(=O)(=O)c2ccccc2F)CC1)C(=O)O. The van der Waals surface area contributed by atoms with Gasteiger partial charge < -0.3 is 10.4 Å². The number of piperidine rings is 1. The van der Waals surface area contributed by atoms with Gasteiger partial charge in [-0.2, -0.15) is 4.31 Å². The van der Waals surface area contributed by atoms with E-state index in [9.17, 15) is 22.4 Å². The summed E-state index contributed by atoms with van der Waals surface area (Å²) in [5, 5.41) is 11.2. The number of nitrogens with zero attached hydrogens (tertiary/aromatic N) is 1. The van der Waals surface area contributed by atoms with Crippen LogP contribution in [0.2, 0.25) is 0 Å². The van der Waals surface area contributed by atoms with Gasteiger partial charge in [0.05, 0.1) is 0 Å². The number of nitrogens with one attached hydrogen (secondary N) is 1. The Morgan fingerprint density at radius 1 is 1.29 bits per heavy atom. The lowest BCUT2D eigenvalue weighted by atomic mass is 9.97. The second-order valence-electron chi connectivity index (χ2n) is 5.68. The summed E-state index contributed by atoms with van der Waals surface area (Å²) in [4.78, 5) is 22.4. The molecule has 2 N–H and O–H groups in total. The smallest absolute Gasteiger partial charge is 0.325 e. The molecule has 1 heterocycles. The van der Waals surface area contributed by atoms with Crippen molar-refractivity contribution in [3.63, 3.8) is 0 Å². The van der Waals surface area contributed by atoms with Gasteiger partial charge >= 0.3 is 5.97 Å². The van der Waals surface area contributed by atoms with E-state index in [1.165, 1.54) is 25.1 Å². The second kappa shape index (κ2) is 7.27. The quantitative estimate of drug-likeness (QED) is 0.811. The third kappa shape index (κ3) is 3.90. The zero-order valence-electron chi connectivity index (χ0n) is 13.1. The summed E-state index contributed by atoms with van der Waals surface area (Å²) in [7, 11) is -3.95. The predicted octanol–water partition coefficient (Wildman–Crippen LogP) is 0.816. The molecule has 1 aromatic carbocycles. The minimum Gasteiger partial charge on any atom is -0.480 e. The van der Waals surface area contributed by atoms with Crippen molar-refractivity contribution < 1.29 is 27.5 Å². The molecule has 1 fully saturated rings. The van der Waals surface area contributed by atoms with E-state index in [1.807, 2.05) is 0 Å². The van der Waals surface area contributed by atoms with E-state index in [0.29, 0.717) is 0 Å². The number of aliphatic carboxylic acids is 1. The Hall–Kier alpha value is -2.00. The molecule has 0 radical (unpaired) electrons. The molecule has 1 aliphatic heterocycles. The minimum absolute atomic E-state index is 0.0796. The van der Waals surface area contributed by atoms with Gasteiger partial charge in [-0.15, -0.1) is 0 Å². The number of rotatable bonds is 5. The number of carboxylic acids is 1. The Labute approximate surface area is 139 Å². The fraction of sp³-hybridized carbons (Fsp3) is 0.467. The van der Waals surface area contributed by atoms with Crippen molar-refractivity contribution >= 4 is 21.9 Å². The number of sulfonamides is 1. The zero-order chi connectivity index (χ0) is 17.9. The van der Waals surface area contributed by atoms with Crippen LogP contribution in [0.1, 0.15) is 19.8 Å². The van der Waals surface area contributed by atoms with Crippen LogP contribution in [0.15, 0.2) is 29.2 Å². The van der Waals surface area contributed by atoms with E-state index in [1.54, 1.807) is 0 Å². The molecule has 132 valence electrons. The first-order valence-electron chi connectivity index (χ1n) is 7.51. The molecule has 2 rings (SSSR count). The highest BCUT2D eigenvalue weighted by atomic mass is 32.2. The molecule has 7 nitrogen and oxygen atoms in total. The first kappa shape index (κ1) is 18.3. The van der Waals surface area contributed by atoms with Crippen LogP contribution in [0.5, 0.6) is 0 Å². The third-order valence-corrected chi connectivity index (χ3v) is 5.94. The largest absolute Gasteiger partial charge is 0.480 e. The maximum absolute atomic E-state index is 13.7. The summed E-state index contributed by atoms with van der Waals surface area (Å²) in [6.07, 6.45) is 0.512. The van der Waals surface area contributed by atoms with Gasteiger partial charge in [-0.25, -0.2) is 12.8 Å². The summed E-state index contributed by atoms with van der Waals surface area (Å²) < 4.78 is 39.8. The summed E-state index contributed by atoms with van der Waals surface area (Å²) in [6, 6.07) is 4.15. The monoisotopic (exact) mass is 358 g/mol. The van der Waals surface area contributed by atoms with Crippen molar-refractivity contribution in [1.82, 2.24) is 9.62 Å². The summed E-state index contributed by atoms with van der Waals surface area (Å²) in [5.41, 5.74) is 0. The van der Waals surface area contributed by atoms with Gasteiger partial charge in [0.15, 0.2) is 0 Å². The molecule has 24 heavy (non-hydrogen) atoms. The number of hydrogen-bond acceptors (Lipinski definition) is 4. The number of benzene rings is 1. The highest BCUT2D eigenvalue weighted by Gasteiger charge is 2.34. The predicted molar refractivity (Wildman–Crippen MR) is 83.1 cm³/mol. The molecule has 1 atom stereocenters. The topological polar surface area (TPSA) is 104 Å². The van der Waals surface area contributed by atoms with Gasteiger partial charge in [-0.1, -0.05) is 12.1 Å². The summed E-state index contributed by atoms with van der Waals surface area (Å²) in [5.74, 6) is -2.82. The molecular formula is C15H19FN2O5S. The number of halogens is 1. The van der Waals surface area contributed by atoms with E-state index in [2.05, 4.69) is 5.32 Å². The van der Waals surface area contributed by atoms with Crippen molar-refractivity contribution in [3.8, 4) is 0 Å². The Morgan fingerprint density at radius 2 is 1.88 bits per heavy atom. The zero-order valence-corrected chi connectivity index (χ0v) is 13.9. The molecule has 0 aromatic heterocycles. The molecule has 1 amide bonds. The van der Waals surface area contributed by atoms with Crippen LogP contribution in [0.25, 0.3) is 0 Å². The Bertz CT molecular complexity index is 729. The maximum Gasteiger partial charge on any atom is 0.325 e. The van der Waals surface area contributed by atoms with Crippen LogP contribution in [-0.4, -0.2) is 48.8 Å². The molecule has 1 aromatic rings. The normalized spacial score (nSPS) is 18.1. The Kier molecular flexibility index (Phi) is 5.55. The van der Waals surface area contributed by atoms with Crippen molar-refractivity contribution in [2.45, 2.75) is 30.7 Å². The first-order chi connectivity index (χ1) is 11.2. The van der Waals surface area contributed by atoms with E-state index in [4.69, 9.17) is 5.11 Å². The van der Waals surface area contributed by atoms with Crippen LogP contribution < -0.4 is 5.32 Å². The van der Waals surface area contributed by atoms with Crippen LogP contribution in [0.3, 0.4) is 0 Å². The van der Waals surface area contributed by atoms with Crippen LogP contribution in [0, 0.1) is 11.7 Å². The van der Waals surface area contributed by atoms with E-state index in [-0.39, 0.29) is 30.8 Å². The lowest BCUT2D eigenvalue weighted by Crippen LogP contribution is -2.46. The van der Waals surface area contributed by atoms with Crippen LogP contribution in [0.4, 0.5) is 4.39 Å².